The lowest BCUT2D eigenvalue weighted by molar-refractivity contribution is -0.135. The number of carbonyl (C=O) groups is 4. The Morgan fingerprint density at radius 3 is 0.620 bits per heavy atom. The van der Waals surface area contributed by atoms with E-state index in [1.807, 2.05) is 159 Å². The maximum absolute atomic E-state index is 12.1. The lowest BCUT2D eigenvalue weighted by Gasteiger charge is -2.45. The van der Waals surface area contributed by atoms with Crippen LogP contribution in [0.4, 0.5) is 9.59 Å². The molecule has 0 bridgehead atoms. The summed E-state index contributed by atoms with van der Waals surface area (Å²) in [7, 11) is 0. The van der Waals surface area contributed by atoms with Gasteiger partial charge in [0.2, 0.25) is 11.8 Å². The van der Waals surface area contributed by atoms with Gasteiger partial charge in [-0.05, 0) is 198 Å². The van der Waals surface area contributed by atoms with Crippen LogP contribution in [-0.4, -0.2) is 122 Å². The predicted octanol–water partition coefficient (Wildman–Crippen LogP) is 19.6. The molecule has 16 nitrogen and oxygen atoms in total. The van der Waals surface area contributed by atoms with E-state index in [0.29, 0.717) is 32.5 Å². The summed E-state index contributed by atoms with van der Waals surface area (Å²) in [4.78, 5) is 53.7. The molecule has 108 heavy (non-hydrogen) atoms. The summed E-state index contributed by atoms with van der Waals surface area (Å²) < 4.78 is 0. The van der Waals surface area contributed by atoms with Crippen LogP contribution in [0.2, 0.25) is 0 Å². The van der Waals surface area contributed by atoms with Crippen LogP contribution in [0.25, 0.3) is 0 Å². The molecular formula is C92H102N4O12. The number of hydrogen-bond acceptors (Lipinski definition) is 12. The molecule has 562 valence electrons. The van der Waals surface area contributed by atoms with Gasteiger partial charge in [0.1, 0.15) is 46.0 Å². The van der Waals surface area contributed by atoms with Crippen LogP contribution < -0.4 is 0 Å². The van der Waals surface area contributed by atoms with Crippen molar-refractivity contribution >= 4 is 23.9 Å². The maximum atomic E-state index is 12.1. The van der Waals surface area contributed by atoms with E-state index < -0.39 is 11.1 Å². The smallest absolute Gasteiger partial charge is 0.327 e. The zero-order chi connectivity index (χ0) is 78.8. The second kappa shape index (κ2) is 39.2. The van der Waals surface area contributed by atoms with Gasteiger partial charge in [-0.3, -0.25) is 19.4 Å². The highest BCUT2D eigenvalue weighted by Gasteiger charge is 2.44. The molecule has 0 atom stereocenters. The van der Waals surface area contributed by atoms with Gasteiger partial charge in [0, 0.05) is 60.9 Å². The number of amides is 6. The topological polar surface area (TPSA) is 243 Å². The fraction of sp³-hybridized carbons (Fsp3) is 0.239. The molecule has 0 spiro atoms. The van der Waals surface area contributed by atoms with Crippen molar-refractivity contribution in [2.24, 2.45) is 0 Å². The van der Waals surface area contributed by atoms with E-state index in [9.17, 15) is 60.0 Å². The fourth-order valence-corrected chi connectivity index (χ4v) is 13.2. The summed E-state index contributed by atoms with van der Waals surface area (Å²) in [6.07, 6.45) is 6.42. The third-order valence-electron chi connectivity index (χ3n) is 18.6. The second-order valence-electron chi connectivity index (χ2n) is 27.0. The van der Waals surface area contributed by atoms with E-state index in [-0.39, 0.29) is 100 Å². The van der Waals surface area contributed by atoms with Crippen LogP contribution in [0.5, 0.6) is 46.0 Å². The second-order valence-corrected chi connectivity index (χ2v) is 27.0. The normalized spacial score (nSPS) is 13.5. The van der Waals surface area contributed by atoms with Gasteiger partial charge in [-0.1, -0.05) is 198 Å². The molecule has 0 radical (unpaired) electrons. The van der Waals surface area contributed by atoms with E-state index in [0.717, 1.165) is 73.2 Å². The number of benzene rings is 10. The first-order valence-corrected chi connectivity index (χ1v) is 36.4. The zero-order valence-electron chi connectivity index (χ0n) is 63.2. The Balaban J connectivity index is 0.000000211. The number of phenolic OH excluding ortho intramolecular Hbond substituents is 8. The highest BCUT2D eigenvalue weighted by Crippen LogP contribution is 2.41. The Morgan fingerprint density at radius 2 is 0.454 bits per heavy atom. The zero-order valence-corrected chi connectivity index (χ0v) is 63.2. The lowest BCUT2D eigenvalue weighted by Crippen LogP contribution is -2.61. The molecule has 2 aliphatic heterocycles. The number of urea groups is 2. The van der Waals surface area contributed by atoms with Crippen molar-refractivity contribution in [2.45, 2.75) is 116 Å². The average Bonchev–Trinajstić information content (AvgIpc) is 0.777. The van der Waals surface area contributed by atoms with E-state index >= 15 is 0 Å². The molecule has 2 fully saturated rings. The van der Waals surface area contributed by atoms with Crippen molar-refractivity contribution in [1.82, 2.24) is 19.6 Å². The molecule has 2 aliphatic rings. The molecule has 6 amide bonds. The van der Waals surface area contributed by atoms with Gasteiger partial charge in [0.05, 0.1) is 12.8 Å². The average molecular weight is 1460 g/mol. The molecule has 16 heteroatoms. The van der Waals surface area contributed by atoms with Gasteiger partial charge in [0.25, 0.3) is 0 Å². The van der Waals surface area contributed by atoms with E-state index in [4.69, 9.17) is 0 Å². The Bertz CT molecular complexity index is 3890. The summed E-state index contributed by atoms with van der Waals surface area (Å²) >= 11 is 0. The van der Waals surface area contributed by atoms with Gasteiger partial charge in [-0.25, -0.2) is 9.59 Å². The van der Waals surface area contributed by atoms with Crippen molar-refractivity contribution < 1.29 is 60.0 Å². The summed E-state index contributed by atoms with van der Waals surface area (Å²) in [5, 5.41) is 78.4. The Hall–Kier alpha value is -12.3. The number of aromatic hydroxyl groups is 8. The SMILES string of the molecule is C=CCN1C(=O)CC(C)(C)N(CC=C)C1=O.C=CCN1C(=O)N(CCC)C(=O)CC1(C)C.CC.CC.Oc1ccc(C(c2ccc(O)cc2)c2ccc(C(c3ccc(O)cc3)c3ccc(O)cc3)cc2)cc1.Oc1ccc(C(c2ccc(O)cc2)c2ccc(C(c3ccc(O)cc3)c3ccc(O)cc3)cc2)cc1. The lowest BCUT2D eigenvalue weighted by atomic mass is 9.81. The fourth-order valence-electron chi connectivity index (χ4n) is 13.2. The largest absolute Gasteiger partial charge is 0.508 e. The quantitative estimate of drug-likeness (QED) is 0.0262. The monoisotopic (exact) mass is 1450 g/mol. The van der Waals surface area contributed by atoms with E-state index in [1.54, 1.807) is 125 Å². The number of nitrogens with zero attached hydrogens (tertiary/aromatic N) is 4. The minimum atomic E-state index is -0.444. The number of phenols is 8. The van der Waals surface area contributed by atoms with Crippen LogP contribution in [0, 0.1) is 0 Å². The first-order valence-electron chi connectivity index (χ1n) is 36.4. The first-order chi connectivity index (χ1) is 51.8. The van der Waals surface area contributed by atoms with Crippen LogP contribution in [0.3, 0.4) is 0 Å². The molecule has 10 aromatic rings. The standard InChI is InChI=1S/2C32H26O4.C12H20N2O2.C12H18N2O2.2C2H6/c2*33-27-13-5-23(6-14-27)31(24-7-15-28(34)16-8-24)21-1-2-22(4-3-21)32(25-9-17-29(35)18-10-25)26-11-19-30(36)20-12-26;2*1-5-7-13-10(15)9-12(3,4)14(8-6-2)11(13)16;2*1-2/h2*1-20,31-36H;6H,2,5,7-9H2,1,3-4H3;5-6H,1-2,7-9H2,3-4H3;2*1-2H3. The number of imide groups is 2. The van der Waals surface area contributed by atoms with Gasteiger partial charge < -0.3 is 50.7 Å². The predicted molar refractivity (Wildman–Crippen MR) is 430 cm³/mol. The molecule has 10 aromatic carbocycles. The van der Waals surface area contributed by atoms with Crippen LogP contribution in [0.15, 0.2) is 281 Å². The van der Waals surface area contributed by atoms with Crippen molar-refractivity contribution in [2.75, 3.05) is 26.2 Å². The summed E-state index contributed by atoms with van der Waals surface area (Å²) in [6, 6.07) is 73.9. The summed E-state index contributed by atoms with van der Waals surface area (Å²) in [6.45, 7) is 30.1. The van der Waals surface area contributed by atoms with Gasteiger partial charge >= 0.3 is 12.1 Å². The Labute approximate surface area is 636 Å². The molecule has 8 N–H and O–H groups in total. The van der Waals surface area contributed by atoms with Crippen molar-refractivity contribution in [1.29, 1.82) is 0 Å². The summed E-state index contributed by atoms with van der Waals surface area (Å²) in [5.74, 6) is 1.15. The molecule has 2 heterocycles. The summed E-state index contributed by atoms with van der Waals surface area (Å²) in [5.41, 5.74) is 11.7. The Morgan fingerprint density at radius 1 is 0.296 bits per heavy atom. The minimum absolute atomic E-state index is 0.0721. The van der Waals surface area contributed by atoms with Gasteiger partial charge in [-0.15, -0.1) is 19.7 Å². The molecular weight excluding hydrogens is 1350 g/mol. The van der Waals surface area contributed by atoms with E-state index in [2.05, 4.69) is 68.3 Å². The van der Waals surface area contributed by atoms with Crippen LogP contribution >= 0.6 is 0 Å². The number of rotatable bonds is 20. The third-order valence-corrected chi connectivity index (χ3v) is 18.6. The van der Waals surface area contributed by atoms with Gasteiger partial charge in [-0.2, -0.15) is 0 Å². The molecule has 0 aromatic heterocycles. The Kier molecular flexibility index (Phi) is 30.1. The van der Waals surface area contributed by atoms with Gasteiger partial charge in [0.15, 0.2) is 0 Å². The number of carbonyl (C=O) groups excluding carboxylic acids is 4. The first kappa shape index (κ1) is 83.0. The maximum Gasteiger partial charge on any atom is 0.327 e. The highest BCUT2D eigenvalue weighted by molar-refractivity contribution is 5.99. The molecule has 12 rings (SSSR count). The van der Waals surface area contributed by atoms with Crippen molar-refractivity contribution in [3.8, 4) is 46.0 Å². The number of hydrogen-bond donors (Lipinski definition) is 8. The molecule has 0 saturated carbocycles. The molecule has 2 saturated heterocycles. The van der Waals surface area contributed by atoms with E-state index in [1.165, 1.54) is 9.80 Å². The van der Waals surface area contributed by atoms with Crippen molar-refractivity contribution in [3.63, 3.8) is 0 Å². The van der Waals surface area contributed by atoms with Crippen LogP contribution in [0.1, 0.15) is 172 Å². The highest BCUT2D eigenvalue weighted by atomic mass is 16.3. The van der Waals surface area contributed by atoms with Crippen molar-refractivity contribution in [3.05, 3.63) is 347 Å². The third kappa shape index (κ3) is 21.5. The molecule has 0 aliphatic carbocycles. The van der Waals surface area contributed by atoms with Crippen LogP contribution in [-0.2, 0) is 9.59 Å². The molecule has 0 unspecified atom stereocenters. The minimum Gasteiger partial charge on any atom is -0.508 e.